The van der Waals surface area contributed by atoms with Crippen LogP contribution < -0.4 is 0 Å². The molecule has 0 spiro atoms. The largest absolute Gasteiger partial charge is 0.0744 e. The van der Waals surface area contributed by atoms with E-state index >= 15 is 0 Å². The van der Waals surface area contributed by atoms with E-state index in [1.54, 1.807) is 11.1 Å². The summed E-state index contributed by atoms with van der Waals surface area (Å²) >= 11 is 0. The lowest BCUT2D eigenvalue weighted by Gasteiger charge is -2.13. The molecule has 0 aromatic carbocycles. The zero-order chi connectivity index (χ0) is 15.3. The van der Waals surface area contributed by atoms with Crippen LogP contribution >= 0.6 is 0 Å². The van der Waals surface area contributed by atoms with Crippen LogP contribution in [0.25, 0.3) is 0 Å². The first kappa shape index (κ1) is 18.8. The molecule has 0 heteroatoms. The molecule has 1 aliphatic carbocycles. The van der Waals surface area contributed by atoms with Crippen molar-refractivity contribution in [3.63, 3.8) is 0 Å². The molecule has 0 heterocycles. The van der Waals surface area contributed by atoms with Crippen LogP contribution in [0.5, 0.6) is 0 Å². The fraction of sp³-hybridized carbons (Fsp3) is 0.905. The maximum atomic E-state index is 2.46. The van der Waals surface area contributed by atoms with Gasteiger partial charge in [0.25, 0.3) is 0 Å². The monoisotopic (exact) mass is 292 g/mol. The van der Waals surface area contributed by atoms with Crippen molar-refractivity contribution in [2.24, 2.45) is 5.92 Å². The Hall–Kier alpha value is -0.260. The minimum Gasteiger partial charge on any atom is -0.0744 e. The standard InChI is InChI=1S/C21H40/c1-19-15-12-10-8-6-4-5-7-9-11-13-17-20(2)21(3)18-14-16-19/h19H,4-18H2,1-3H3. The van der Waals surface area contributed by atoms with E-state index in [9.17, 15) is 0 Å². The Balaban J connectivity index is 2.35. The lowest BCUT2D eigenvalue weighted by molar-refractivity contribution is 0.441. The molecule has 0 radical (unpaired) electrons. The molecule has 0 fully saturated rings. The number of rotatable bonds is 0. The molecular weight excluding hydrogens is 252 g/mol. The highest BCUT2D eigenvalue weighted by Crippen LogP contribution is 2.22. The quantitative estimate of drug-likeness (QED) is 0.399. The van der Waals surface area contributed by atoms with Gasteiger partial charge in [-0.15, -0.1) is 0 Å². The van der Waals surface area contributed by atoms with E-state index in [0.717, 1.165) is 5.92 Å². The Morgan fingerprint density at radius 2 is 0.905 bits per heavy atom. The zero-order valence-electron chi connectivity index (χ0n) is 15.2. The molecule has 0 amide bonds. The summed E-state index contributed by atoms with van der Waals surface area (Å²) in [5.74, 6) is 0.942. The van der Waals surface area contributed by atoms with Crippen LogP contribution in [0, 0.1) is 5.92 Å². The van der Waals surface area contributed by atoms with E-state index in [-0.39, 0.29) is 0 Å². The normalized spacial score (nSPS) is 26.1. The molecule has 1 aliphatic rings. The topological polar surface area (TPSA) is 0 Å². The SMILES string of the molecule is CC1=C(C)CCCC(C)CCCCCCCCCCCC1. The van der Waals surface area contributed by atoms with Gasteiger partial charge in [0.15, 0.2) is 0 Å². The number of hydrogen-bond donors (Lipinski definition) is 0. The summed E-state index contributed by atoms with van der Waals surface area (Å²) < 4.78 is 0. The van der Waals surface area contributed by atoms with Crippen molar-refractivity contribution in [2.75, 3.05) is 0 Å². The summed E-state index contributed by atoms with van der Waals surface area (Å²) in [5.41, 5.74) is 3.37. The van der Waals surface area contributed by atoms with Crippen LogP contribution in [0.15, 0.2) is 11.1 Å². The van der Waals surface area contributed by atoms with Gasteiger partial charge in [-0.25, -0.2) is 0 Å². The lowest BCUT2D eigenvalue weighted by Crippen LogP contribution is -1.96. The molecule has 0 nitrogen and oxygen atoms in total. The van der Waals surface area contributed by atoms with E-state index < -0.39 is 0 Å². The van der Waals surface area contributed by atoms with Crippen molar-refractivity contribution in [1.29, 1.82) is 0 Å². The second-order valence-corrected chi connectivity index (χ2v) is 7.63. The first-order chi connectivity index (χ1) is 10.2. The van der Waals surface area contributed by atoms with Crippen molar-refractivity contribution in [3.8, 4) is 0 Å². The molecule has 0 saturated heterocycles. The summed E-state index contributed by atoms with van der Waals surface area (Å²) in [7, 11) is 0. The smallest absolute Gasteiger partial charge is 0.0320 e. The van der Waals surface area contributed by atoms with Gasteiger partial charge in [-0.2, -0.15) is 0 Å². The average Bonchev–Trinajstić information content (AvgIpc) is 2.47. The van der Waals surface area contributed by atoms with Crippen molar-refractivity contribution >= 4 is 0 Å². The predicted molar refractivity (Wildman–Crippen MR) is 96.8 cm³/mol. The predicted octanol–water partition coefficient (Wildman–Crippen LogP) is 7.82. The van der Waals surface area contributed by atoms with Gasteiger partial charge in [0.05, 0.1) is 0 Å². The summed E-state index contributed by atoms with van der Waals surface area (Å²) in [6.07, 6.45) is 21.6. The fourth-order valence-corrected chi connectivity index (χ4v) is 3.58. The first-order valence-corrected chi connectivity index (χ1v) is 9.85. The first-order valence-electron chi connectivity index (χ1n) is 9.85. The molecular formula is C21H40. The van der Waals surface area contributed by atoms with Gasteiger partial charge in [-0.05, 0) is 45.4 Å². The van der Waals surface area contributed by atoms with Crippen LogP contribution in [0.2, 0.25) is 0 Å². The van der Waals surface area contributed by atoms with E-state index in [2.05, 4.69) is 20.8 Å². The fourth-order valence-electron chi connectivity index (χ4n) is 3.58. The summed E-state index contributed by atoms with van der Waals surface area (Å²) in [6.45, 7) is 7.21. The molecule has 0 bridgehead atoms. The molecule has 0 aliphatic heterocycles. The van der Waals surface area contributed by atoms with E-state index in [0.29, 0.717) is 0 Å². The Bertz CT molecular complexity index is 274. The maximum absolute atomic E-state index is 2.46. The van der Waals surface area contributed by atoms with E-state index in [1.165, 1.54) is 96.3 Å². The van der Waals surface area contributed by atoms with E-state index in [1.807, 2.05) is 0 Å². The highest BCUT2D eigenvalue weighted by atomic mass is 14.1. The maximum Gasteiger partial charge on any atom is -0.0320 e. The Morgan fingerprint density at radius 3 is 1.48 bits per heavy atom. The van der Waals surface area contributed by atoms with Crippen LogP contribution in [-0.2, 0) is 0 Å². The van der Waals surface area contributed by atoms with Gasteiger partial charge in [-0.3, -0.25) is 0 Å². The molecule has 1 rings (SSSR count). The van der Waals surface area contributed by atoms with Gasteiger partial charge in [0, 0.05) is 0 Å². The molecule has 0 saturated carbocycles. The molecule has 21 heavy (non-hydrogen) atoms. The summed E-state index contributed by atoms with van der Waals surface area (Å²) in [4.78, 5) is 0. The van der Waals surface area contributed by atoms with E-state index in [4.69, 9.17) is 0 Å². The molecule has 1 atom stereocenters. The van der Waals surface area contributed by atoms with Crippen LogP contribution in [0.3, 0.4) is 0 Å². The zero-order valence-corrected chi connectivity index (χ0v) is 15.2. The number of allylic oxidation sites excluding steroid dienone is 2. The summed E-state index contributed by atoms with van der Waals surface area (Å²) in [5, 5.41) is 0. The van der Waals surface area contributed by atoms with Gasteiger partial charge < -0.3 is 0 Å². The lowest BCUT2D eigenvalue weighted by atomic mass is 9.93. The molecule has 1 unspecified atom stereocenters. The molecule has 0 aromatic heterocycles. The highest BCUT2D eigenvalue weighted by Gasteiger charge is 2.04. The third-order valence-electron chi connectivity index (χ3n) is 5.48. The number of hydrogen-bond acceptors (Lipinski definition) is 0. The third-order valence-corrected chi connectivity index (χ3v) is 5.48. The minimum atomic E-state index is 0.942. The second kappa shape index (κ2) is 12.3. The van der Waals surface area contributed by atoms with Crippen molar-refractivity contribution in [1.82, 2.24) is 0 Å². The minimum absolute atomic E-state index is 0.942. The van der Waals surface area contributed by atoms with Crippen molar-refractivity contribution in [2.45, 2.75) is 117 Å². The highest BCUT2D eigenvalue weighted by molar-refractivity contribution is 5.09. The average molecular weight is 293 g/mol. The summed E-state index contributed by atoms with van der Waals surface area (Å²) in [6, 6.07) is 0. The van der Waals surface area contributed by atoms with Crippen LogP contribution in [0.4, 0.5) is 0 Å². The molecule has 0 aromatic rings. The van der Waals surface area contributed by atoms with Crippen LogP contribution in [-0.4, -0.2) is 0 Å². The van der Waals surface area contributed by atoms with Crippen LogP contribution in [0.1, 0.15) is 117 Å². The second-order valence-electron chi connectivity index (χ2n) is 7.63. The van der Waals surface area contributed by atoms with Crippen molar-refractivity contribution < 1.29 is 0 Å². The van der Waals surface area contributed by atoms with Gasteiger partial charge in [-0.1, -0.05) is 88.7 Å². The Morgan fingerprint density at radius 1 is 0.524 bits per heavy atom. The Labute approximate surface area is 134 Å². The molecule has 124 valence electrons. The molecule has 0 N–H and O–H groups in total. The van der Waals surface area contributed by atoms with Crippen molar-refractivity contribution in [3.05, 3.63) is 11.1 Å². The van der Waals surface area contributed by atoms with Gasteiger partial charge in [0.2, 0.25) is 0 Å². The third kappa shape index (κ3) is 10.1. The van der Waals surface area contributed by atoms with Gasteiger partial charge >= 0.3 is 0 Å². The Kier molecular flexibility index (Phi) is 11.0. The van der Waals surface area contributed by atoms with Gasteiger partial charge in [0.1, 0.15) is 0 Å².